The minimum absolute atomic E-state index is 0.138. The number of carbonyl (C=O) groups excluding carboxylic acids is 1. The summed E-state index contributed by atoms with van der Waals surface area (Å²) in [6, 6.07) is 4.57. The summed E-state index contributed by atoms with van der Waals surface area (Å²) in [5, 5.41) is 11.3. The molecule has 2 aromatic rings. The lowest BCUT2D eigenvalue weighted by Crippen LogP contribution is -2.21. The summed E-state index contributed by atoms with van der Waals surface area (Å²) < 4.78 is 6.68. The fourth-order valence-corrected chi connectivity index (χ4v) is 3.25. The molecule has 0 radical (unpaired) electrons. The van der Waals surface area contributed by atoms with Crippen molar-refractivity contribution in [2.24, 2.45) is 0 Å². The van der Waals surface area contributed by atoms with Crippen molar-refractivity contribution in [3.63, 3.8) is 0 Å². The Bertz CT molecular complexity index is 615. The van der Waals surface area contributed by atoms with Crippen LogP contribution in [0.3, 0.4) is 0 Å². The van der Waals surface area contributed by atoms with E-state index in [1.54, 1.807) is 6.07 Å². The maximum absolute atomic E-state index is 11.8. The van der Waals surface area contributed by atoms with Gasteiger partial charge in [0.05, 0.1) is 15.2 Å². The van der Waals surface area contributed by atoms with Crippen molar-refractivity contribution in [1.29, 1.82) is 0 Å². The van der Waals surface area contributed by atoms with E-state index < -0.39 is 5.97 Å². The van der Waals surface area contributed by atoms with Crippen LogP contribution in [0, 0.1) is 0 Å². The van der Waals surface area contributed by atoms with Crippen LogP contribution in [0.5, 0.6) is 0 Å². The average Bonchev–Trinajstić information content (AvgIpc) is 2.94. The molecule has 0 bridgehead atoms. The summed E-state index contributed by atoms with van der Waals surface area (Å²) in [7, 11) is 0. The molecule has 0 saturated heterocycles. The molecule has 2 heterocycles. The summed E-state index contributed by atoms with van der Waals surface area (Å²) in [5.41, 5.74) is 0. The highest BCUT2D eigenvalue weighted by Gasteiger charge is 2.13. The topological polar surface area (TPSA) is 79.5 Å². The smallest absolute Gasteiger partial charge is 0.371 e. The zero-order valence-electron chi connectivity index (χ0n) is 9.28. The number of furan rings is 1. The van der Waals surface area contributed by atoms with E-state index in [2.05, 4.69) is 37.2 Å². The van der Waals surface area contributed by atoms with E-state index >= 15 is 0 Å². The average molecular weight is 409 g/mol. The molecule has 2 rings (SSSR count). The van der Waals surface area contributed by atoms with Crippen LogP contribution in [0.1, 0.15) is 26.0 Å². The van der Waals surface area contributed by atoms with E-state index in [-0.39, 0.29) is 18.2 Å². The largest absolute Gasteiger partial charge is 0.475 e. The van der Waals surface area contributed by atoms with E-state index in [9.17, 15) is 9.59 Å². The van der Waals surface area contributed by atoms with Gasteiger partial charge in [0.15, 0.2) is 0 Å². The number of rotatable bonds is 4. The maximum atomic E-state index is 11.8. The van der Waals surface area contributed by atoms with E-state index in [1.165, 1.54) is 23.5 Å². The molecule has 2 aromatic heterocycles. The third kappa shape index (κ3) is 3.46. The summed E-state index contributed by atoms with van der Waals surface area (Å²) in [6.45, 7) is 0.138. The van der Waals surface area contributed by atoms with Crippen molar-refractivity contribution in [3.05, 3.63) is 42.9 Å². The van der Waals surface area contributed by atoms with Crippen LogP contribution < -0.4 is 5.32 Å². The van der Waals surface area contributed by atoms with Crippen LogP contribution >= 0.6 is 43.2 Å². The standard InChI is InChI=1S/C11H7Br2NO4S/c12-6-3-8(19-9(6)13)10(15)14-4-5-1-2-7(18-5)11(16)17/h1-3H,4H2,(H,14,15)(H,16,17). The lowest BCUT2D eigenvalue weighted by Gasteiger charge is -2.00. The molecular formula is C11H7Br2NO4S. The van der Waals surface area contributed by atoms with E-state index in [0.29, 0.717) is 10.6 Å². The molecule has 0 aliphatic carbocycles. The van der Waals surface area contributed by atoms with Crippen LogP contribution in [0.2, 0.25) is 0 Å². The molecule has 1 amide bonds. The molecule has 0 saturated carbocycles. The summed E-state index contributed by atoms with van der Waals surface area (Å²) in [4.78, 5) is 23.0. The fraction of sp³-hybridized carbons (Fsp3) is 0.0909. The SMILES string of the molecule is O=C(O)c1ccc(CNC(=O)c2cc(Br)c(Br)s2)o1. The maximum Gasteiger partial charge on any atom is 0.371 e. The molecule has 0 unspecified atom stereocenters. The van der Waals surface area contributed by atoms with Crippen molar-refractivity contribution < 1.29 is 19.1 Å². The number of aromatic carboxylic acids is 1. The monoisotopic (exact) mass is 407 g/mol. The Morgan fingerprint density at radius 3 is 2.63 bits per heavy atom. The normalized spacial score (nSPS) is 10.4. The van der Waals surface area contributed by atoms with Crippen molar-refractivity contribution in [2.75, 3.05) is 0 Å². The number of amides is 1. The van der Waals surface area contributed by atoms with Crippen molar-refractivity contribution >= 4 is 55.1 Å². The number of hydrogen-bond donors (Lipinski definition) is 2. The molecule has 0 aliphatic rings. The predicted molar refractivity (Wildman–Crippen MR) is 76.6 cm³/mol. The second kappa shape index (κ2) is 5.89. The summed E-state index contributed by atoms with van der Waals surface area (Å²) in [6.07, 6.45) is 0. The minimum Gasteiger partial charge on any atom is -0.475 e. The third-order valence-electron chi connectivity index (χ3n) is 2.16. The molecule has 0 atom stereocenters. The first-order valence-corrected chi connectivity index (χ1v) is 7.42. The molecule has 8 heteroatoms. The fourth-order valence-electron chi connectivity index (χ4n) is 1.30. The minimum atomic E-state index is -1.14. The van der Waals surface area contributed by atoms with Crippen molar-refractivity contribution in [1.82, 2.24) is 5.32 Å². The van der Waals surface area contributed by atoms with Crippen LogP contribution in [-0.2, 0) is 6.54 Å². The molecule has 5 nitrogen and oxygen atoms in total. The van der Waals surface area contributed by atoms with Gasteiger partial charge in [0, 0.05) is 4.47 Å². The Labute approximate surface area is 128 Å². The van der Waals surface area contributed by atoms with Gasteiger partial charge < -0.3 is 14.8 Å². The highest BCUT2D eigenvalue weighted by molar-refractivity contribution is 9.13. The van der Waals surface area contributed by atoms with Crippen LogP contribution in [0.4, 0.5) is 0 Å². The van der Waals surface area contributed by atoms with Crippen molar-refractivity contribution in [2.45, 2.75) is 6.54 Å². The van der Waals surface area contributed by atoms with Gasteiger partial charge in [-0.3, -0.25) is 4.79 Å². The molecular weight excluding hydrogens is 402 g/mol. The number of carboxylic acid groups (broad SMARTS) is 1. The Hall–Kier alpha value is -1.12. The van der Waals surface area contributed by atoms with Crippen LogP contribution in [0.15, 0.2) is 30.9 Å². The molecule has 19 heavy (non-hydrogen) atoms. The molecule has 0 fully saturated rings. The number of hydrogen-bond acceptors (Lipinski definition) is 4. The number of halogens is 2. The Kier molecular flexibility index (Phi) is 4.43. The molecule has 0 aliphatic heterocycles. The highest BCUT2D eigenvalue weighted by atomic mass is 79.9. The number of thiophene rings is 1. The first-order chi connectivity index (χ1) is 8.97. The van der Waals surface area contributed by atoms with Gasteiger partial charge in [-0.1, -0.05) is 0 Å². The van der Waals surface area contributed by atoms with Gasteiger partial charge in [0.25, 0.3) is 5.91 Å². The van der Waals surface area contributed by atoms with E-state index in [0.717, 1.165) is 8.26 Å². The van der Waals surface area contributed by atoms with Gasteiger partial charge in [-0.15, -0.1) is 11.3 Å². The molecule has 0 spiro atoms. The summed E-state index contributed by atoms with van der Waals surface area (Å²) in [5.74, 6) is -1.14. The van der Waals surface area contributed by atoms with E-state index in [1.807, 2.05) is 0 Å². The van der Waals surface area contributed by atoms with Crippen LogP contribution in [-0.4, -0.2) is 17.0 Å². The number of carboxylic acids is 1. The molecule has 100 valence electrons. The van der Waals surface area contributed by atoms with Gasteiger partial charge in [-0.25, -0.2) is 4.79 Å². The Balaban J connectivity index is 1.98. The van der Waals surface area contributed by atoms with Gasteiger partial charge in [0.1, 0.15) is 5.76 Å². The zero-order chi connectivity index (χ0) is 14.0. The highest BCUT2D eigenvalue weighted by Crippen LogP contribution is 2.32. The van der Waals surface area contributed by atoms with Gasteiger partial charge in [-0.2, -0.15) is 0 Å². The lowest BCUT2D eigenvalue weighted by atomic mass is 10.4. The zero-order valence-corrected chi connectivity index (χ0v) is 13.3. The number of carbonyl (C=O) groups is 2. The van der Waals surface area contributed by atoms with Gasteiger partial charge in [-0.05, 0) is 50.1 Å². The second-order valence-corrected chi connectivity index (χ2v) is 6.71. The Morgan fingerprint density at radius 2 is 2.11 bits per heavy atom. The predicted octanol–water partition coefficient (Wildman–Crippen LogP) is 3.49. The summed E-state index contributed by atoms with van der Waals surface area (Å²) >= 11 is 7.91. The van der Waals surface area contributed by atoms with Crippen LogP contribution in [0.25, 0.3) is 0 Å². The third-order valence-corrected chi connectivity index (χ3v) is 5.42. The first-order valence-electron chi connectivity index (χ1n) is 5.02. The van der Waals surface area contributed by atoms with Gasteiger partial charge in [0.2, 0.25) is 5.76 Å². The van der Waals surface area contributed by atoms with Crippen molar-refractivity contribution in [3.8, 4) is 0 Å². The molecule has 2 N–H and O–H groups in total. The van der Waals surface area contributed by atoms with Gasteiger partial charge >= 0.3 is 5.97 Å². The Morgan fingerprint density at radius 1 is 1.37 bits per heavy atom. The first kappa shape index (κ1) is 14.3. The number of nitrogens with one attached hydrogen (secondary N) is 1. The molecule has 0 aromatic carbocycles. The lowest BCUT2D eigenvalue weighted by molar-refractivity contribution is 0.0660. The second-order valence-electron chi connectivity index (χ2n) is 3.49. The van der Waals surface area contributed by atoms with E-state index in [4.69, 9.17) is 9.52 Å². The quantitative estimate of drug-likeness (QED) is 0.811.